The van der Waals surface area contributed by atoms with E-state index in [0.29, 0.717) is 0 Å². The molecule has 4 heteroatoms. The van der Waals surface area contributed by atoms with Crippen molar-refractivity contribution in [1.82, 2.24) is 0 Å². The molecule has 0 fully saturated rings. The SMILES string of the molecule is [I][Cd]([I])[I]. The summed E-state index contributed by atoms with van der Waals surface area (Å²) in [5.41, 5.74) is 0. The van der Waals surface area contributed by atoms with Crippen molar-refractivity contribution >= 4 is 53.3 Å². The van der Waals surface area contributed by atoms with Crippen LogP contribution in [0.2, 0.25) is 0 Å². The number of rotatable bonds is 0. The Bertz CT molecular complexity index is 8.00. The van der Waals surface area contributed by atoms with Gasteiger partial charge in [0, 0.05) is 0 Å². The summed E-state index contributed by atoms with van der Waals surface area (Å²) in [6.07, 6.45) is 0. The van der Waals surface area contributed by atoms with Crippen molar-refractivity contribution < 1.29 is 9.82 Å². The number of halogens is 3. The van der Waals surface area contributed by atoms with Crippen molar-refractivity contribution in [2.24, 2.45) is 0 Å². The zero-order chi connectivity index (χ0) is 3.58. The zero-order valence-electron chi connectivity index (χ0n) is 1.84. The van der Waals surface area contributed by atoms with Gasteiger partial charge in [-0.2, -0.15) is 0 Å². The third kappa shape index (κ3) is 8.93. The van der Waals surface area contributed by atoms with Gasteiger partial charge in [-0.1, -0.05) is 0 Å². The minimum absolute atomic E-state index is 0.820. The van der Waals surface area contributed by atoms with Crippen LogP contribution in [0.3, 0.4) is 0 Å². The second-order valence-corrected chi connectivity index (χ2v) is 91.5. The minimum atomic E-state index is -0.820. The molecule has 0 heterocycles. The second-order valence-electron chi connectivity index (χ2n) is 0.303. The van der Waals surface area contributed by atoms with Gasteiger partial charge in [-0.25, -0.2) is 0 Å². The maximum atomic E-state index is 2.54. The van der Waals surface area contributed by atoms with E-state index in [4.69, 9.17) is 0 Å². The van der Waals surface area contributed by atoms with Crippen molar-refractivity contribution in [3.8, 4) is 0 Å². The molecule has 0 saturated carbocycles. The van der Waals surface area contributed by atoms with Gasteiger partial charge in [0.25, 0.3) is 0 Å². The summed E-state index contributed by atoms with van der Waals surface area (Å²) in [5, 5.41) is 0. The molecule has 0 aliphatic carbocycles. The van der Waals surface area contributed by atoms with Gasteiger partial charge in [-0.05, 0) is 0 Å². The molecule has 23 valence electrons. The molecule has 0 rings (SSSR count). The first-order chi connectivity index (χ1) is 1.73. The summed E-state index contributed by atoms with van der Waals surface area (Å²) in [6, 6.07) is 0. The van der Waals surface area contributed by atoms with E-state index < -0.39 is 9.82 Å². The fraction of sp³-hybridized carbons (Fsp3) is 0. The molecule has 0 radical (unpaired) electrons. The average Bonchev–Trinajstić information content (AvgIpc) is 0.811. The third-order valence-corrected chi connectivity index (χ3v) is 0. The van der Waals surface area contributed by atoms with Gasteiger partial charge in [0.05, 0.1) is 0 Å². The third-order valence-electron chi connectivity index (χ3n) is 0. The summed E-state index contributed by atoms with van der Waals surface area (Å²) in [7, 11) is -0.820. The first kappa shape index (κ1) is 7.11. The van der Waals surface area contributed by atoms with Crippen molar-refractivity contribution in [3.63, 3.8) is 0 Å². The van der Waals surface area contributed by atoms with E-state index in [2.05, 4.69) is 53.3 Å². The first-order valence-electron chi connectivity index (χ1n) is 0.802. The van der Waals surface area contributed by atoms with Gasteiger partial charge in [-0.15, -0.1) is 0 Å². The van der Waals surface area contributed by atoms with E-state index in [1.165, 1.54) is 0 Å². The van der Waals surface area contributed by atoms with Gasteiger partial charge in [0.2, 0.25) is 0 Å². The van der Waals surface area contributed by atoms with Crippen molar-refractivity contribution in [2.75, 3.05) is 0 Å². The standard InChI is InChI=1S/Cd.3HI/h;3*1H/q+3;;;/p-3. The normalized spacial score (nSPS) is 6.75. The molecule has 0 aliphatic rings. The Morgan fingerprint density at radius 1 is 1.00 bits per heavy atom. The summed E-state index contributed by atoms with van der Waals surface area (Å²) >= 11 is 7.62. The van der Waals surface area contributed by atoms with Crippen LogP contribution in [0, 0.1) is 0 Å². The van der Waals surface area contributed by atoms with E-state index in [1.807, 2.05) is 0 Å². The molecular weight excluding hydrogens is 493 g/mol. The molecule has 0 aromatic rings. The van der Waals surface area contributed by atoms with E-state index in [9.17, 15) is 0 Å². The molecule has 0 N–H and O–H groups in total. The topological polar surface area (TPSA) is 0 Å². The molecule has 0 bridgehead atoms. The summed E-state index contributed by atoms with van der Waals surface area (Å²) in [6.45, 7) is 0. The van der Waals surface area contributed by atoms with Gasteiger partial charge in [-0.3, -0.25) is 0 Å². The second kappa shape index (κ2) is 4.28. The van der Waals surface area contributed by atoms with E-state index in [-0.39, 0.29) is 0 Å². The predicted molar refractivity (Wildman–Crippen MR) is 42.1 cm³/mol. The van der Waals surface area contributed by atoms with Crippen LogP contribution in [0.15, 0.2) is 0 Å². The Labute approximate surface area is 61.0 Å². The summed E-state index contributed by atoms with van der Waals surface area (Å²) in [4.78, 5) is 0. The molecule has 0 aromatic carbocycles. The van der Waals surface area contributed by atoms with Crippen molar-refractivity contribution in [1.29, 1.82) is 0 Å². The average molecular weight is 493 g/mol. The van der Waals surface area contributed by atoms with Gasteiger partial charge in [0.1, 0.15) is 0 Å². The maximum absolute atomic E-state index is 2.54. The number of hydrogen-bond donors (Lipinski definition) is 0. The Morgan fingerprint density at radius 2 is 1.00 bits per heavy atom. The number of hydrogen-bond acceptors (Lipinski definition) is 0. The van der Waals surface area contributed by atoms with Crippen LogP contribution in [0.25, 0.3) is 0 Å². The van der Waals surface area contributed by atoms with Crippen LogP contribution >= 0.6 is 53.3 Å². The first-order valence-corrected chi connectivity index (χ1v) is 36.1. The van der Waals surface area contributed by atoms with Gasteiger partial charge >= 0.3 is 63.1 Å². The molecule has 0 aliphatic heterocycles. The summed E-state index contributed by atoms with van der Waals surface area (Å²) < 4.78 is 0. The quantitative estimate of drug-likeness (QED) is 0.360. The fourth-order valence-electron chi connectivity index (χ4n) is 0. The monoisotopic (exact) mass is 495 g/mol. The molecule has 0 atom stereocenters. The Kier molecular flexibility index (Phi) is 7.60. The fourth-order valence-corrected chi connectivity index (χ4v) is 0. The Balaban J connectivity index is 2.32. The Morgan fingerprint density at radius 3 is 1.00 bits per heavy atom. The Hall–Kier alpha value is 3.11. The van der Waals surface area contributed by atoms with Crippen molar-refractivity contribution in [2.45, 2.75) is 0 Å². The van der Waals surface area contributed by atoms with Crippen LogP contribution in [0.1, 0.15) is 0 Å². The molecule has 4 heavy (non-hydrogen) atoms. The van der Waals surface area contributed by atoms with Crippen LogP contribution in [-0.4, -0.2) is 0 Å². The molecule has 0 nitrogen and oxygen atoms in total. The summed E-state index contributed by atoms with van der Waals surface area (Å²) in [5.74, 6) is 0. The van der Waals surface area contributed by atoms with Gasteiger partial charge in [0.15, 0.2) is 0 Å². The molecule has 0 saturated heterocycles. The zero-order valence-corrected chi connectivity index (χ0v) is 12.3. The molecule has 0 amide bonds. The van der Waals surface area contributed by atoms with E-state index >= 15 is 0 Å². The van der Waals surface area contributed by atoms with Crippen molar-refractivity contribution in [3.05, 3.63) is 0 Å². The molecule has 0 unspecified atom stereocenters. The van der Waals surface area contributed by atoms with Gasteiger partial charge < -0.3 is 0 Å². The molecule has 0 aromatic heterocycles. The van der Waals surface area contributed by atoms with Crippen LogP contribution in [0.5, 0.6) is 0 Å². The molecule has 0 spiro atoms. The van der Waals surface area contributed by atoms with E-state index in [1.54, 1.807) is 0 Å². The molecular formula is CdI3. The van der Waals surface area contributed by atoms with Crippen LogP contribution in [0.4, 0.5) is 0 Å². The van der Waals surface area contributed by atoms with Crippen LogP contribution in [-0.2, 0) is 9.82 Å². The van der Waals surface area contributed by atoms with Crippen LogP contribution < -0.4 is 0 Å². The van der Waals surface area contributed by atoms with E-state index in [0.717, 1.165) is 0 Å². The predicted octanol–water partition coefficient (Wildman–Crippen LogP) is 2.65.